The molecule has 0 saturated heterocycles. The van der Waals surface area contributed by atoms with Crippen molar-refractivity contribution < 1.29 is 9.47 Å². The number of rotatable bonds is 4. The molecule has 0 unspecified atom stereocenters. The van der Waals surface area contributed by atoms with Crippen LogP contribution >= 0.6 is 22.9 Å². The second kappa shape index (κ2) is 5.77. The average Bonchev–Trinajstić information content (AvgIpc) is 2.92. The summed E-state index contributed by atoms with van der Waals surface area (Å²) in [6.45, 7) is 2.58. The van der Waals surface area contributed by atoms with E-state index in [1.807, 2.05) is 23.0 Å². The molecule has 0 saturated carbocycles. The van der Waals surface area contributed by atoms with Gasteiger partial charge in [0.2, 0.25) is 0 Å². The summed E-state index contributed by atoms with van der Waals surface area (Å²) in [7, 11) is 0. The monoisotopic (exact) mass is 296 g/mol. The number of ether oxygens (including phenoxy) is 2. The molecule has 1 aromatic heterocycles. The van der Waals surface area contributed by atoms with Crippen molar-refractivity contribution in [2.75, 3.05) is 13.2 Å². The summed E-state index contributed by atoms with van der Waals surface area (Å²) in [6, 6.07) is 3.87. The van der Waals surface area contributed by atoms with Crippen molar-refractivity contribution in [2.45, 2.75) is 13.1 Å². The van der Waals surface area contributed by atoms with Gasteiger partial charge in [-0.2, -0.15) is 0 Å². The predicted molar refractivity (Wildman–Crippen MR) is 75.1 cm³/mol. The minimum atomic E-state index is 0.550. The Hall–Kier alpha value is -1.30. The smallest absolute Gasteiger partial charge is 0.179 e. The van der Waals surface area contributed by atoms with E-state index in [2.05, 4.69) is 10.3 Å². The van der Waals surface area contributed by atoms with Crippen molar-refractivity contribution in [1.82, 2.24) is 10.3 Å². The Morgan fingerprint density at radius 3 is 3.00 bits per heavy atom. The Labute approximate surface area is 120 Å². The summed E-state index contributed by atoms with van der Waals surface area (Å²) in [4.78, 5) is 4.22. The number of nitrogens with zero attached hydrogens (tertiary/aromatic N) is 1. The maximum absolute atomic E-state index is 6.18. The molecule has 0 radical (unpaired) electrons. The molecule has 1 aromatic carbocycles. The second-order valence-electron chi connectivity index (χ2n) is 4.19. The first-order valence-electron chi connectivity index (χ1n) is 5.99. The minimum Gasteiger partial charge on any atom is -0.486 e. The van der Waals surface area contributed by atoms with E-state index in [1.165, 1.54) is 0 Å². The summed E-state index contributed by atoms with van der Waals surface area (Å²) in [6.07, 6.45) is 0. The Balaban J connectivity index is 1.66. The van der Waals surface area contributed by atoms with Crippen LogP contribution in [0.2, 0.25) is 5.02 Å². The number of nitrogens with one attached hydrogen (secondary N) is 1. The molecule has 0 fully saturated rings. The molecule has 100 valence electrons. The fraction of sp³-hybridized carbons (Fsp3) is 0.308. The Morgan fingerprint density at radius 1 is 1.26 bits per heavy atom. The minimum absolute atomic E-state index is 0.550. The van der Waals surface area contributed by atoms with Crippen LogP contribution in [0.5, 0.6) is 11.5 Å². The molecule has 0 spiro atoms. The summed E-state index contributed by atoms with van der Waals surface area (Å²) >= 11 is 7.78. The number of hydrogen-bond donors (Lipinski definition) is 1. The maximum Gasteiger partial charge on any atom is 0.179 e. The SMILES string of the molecule is Clc1cc(CNCc2cscn2)cc2c1OCCO2. The molecule has 2 heterocycles. The quantitative estimate of drug-likeness (QED) is 0.942. The highest BCUT2D eigenvalue weighted by atomic mass is 35.5. The zero-order valence-corrected chi connectivity index (χ0v) is 11.8. The van der Waals surface area contributed by atoms with Crippen molar-refractivity contribution in [2.24, 2.45) is 0 Å². The molecule has 2 aromatic rings. The van der Waals surface area contributed by atoms with Gasteiger partial charge in [-0.1, -0.05) is 11.6 Å². The van der Waals surface area contributed by atoms with Gasteiger partial charge in [0, 0.05) is 18.5 Å². The Morgan fingerprint density at radius 2 is 2.16 bits per heavy atom. The van der Waals surface area contributed by atoms with Crippen molar-refractivity contribution in [3.63, 3.8) is 0 Å². The zero-order valence-electron chi connectivity index (χ0n) is 10.2. The molecule has 4 nitrogen and oxygen atoms in total. The van der Waals surface area contributed by atoms with Crippen molar-refractivity contribution >= 4 is 22.9 Å². The van der Waals surface area contributed by atoms with Crippen LogP contribution in [0.15, 0.2) is 23.0 Å². The lowest BCUT2D eigenvalue weighted by molar-refractivity contribution is 0.171. The zero-order chi connectivity index (χ0) is 13.1. The van der Waals surface area contributed by atoms with E-state index in [0.29, 0.717) is 30.5 Å². The van der Waals surface area contributed by atoms with Crippen LogP contribution in [0.1, 0.15) is 11.3 Å². The normalized spacial score (nSPS) is 13.5. The van der Waals surface area contributed by atoms with Crippen molar-refractivity contribution in [3.8, 4) is 11.5 Å². The maximum atomic E-state index is 6.18. The molecule has 19 heavy (non-hydrogen) atoms. The van der Waals surface area contributed by atoms with Crippen LogP contribution < -0.4 is 14.8 Å². The third kappa shape index (κ3) is 3.00. The fourth-order valence-corrected chi connectivity index (χ4v) is 2.77. The molecular formula is C13H13ClN2O2S. The van der Waals surface area contributed by atoms with Crippen LogP contribution in [-0.4, -0.2) is 18.2 Å². The first-order chi connectivity index (χ1) is 9.33. The second-order valence-corrected chi connectivity index (χ2v) is 5.31. The number of hydrogen-bond acceptors (Lipinski definition) is 5. The highest BCUT2D eigenvalue weighted by Gasteiger charge is 2.16. The van der Waals surface area contributed by atoms with Crippen molar-refractivity contribution in [3.05, 3.63) is 39.3 Å². The standard InChI is InChI=1S/C13H13ClN2O2S/c14-11-3-9(4-12-13(11)18-2-1-17-12)5-15-6-10-7-19-8-16-10/h3-4,7-8,15H,1-2,5-6H2. The molecule has 1 N–H and O–H groups in total. The van der Waals surface area contributed by atoms with E-state index >= 15 is 0 Å². The Kier molecular flexibility index (Phi) is 3.87. The first kappa shape index (κ1) is 12.7. The van der Waals surface area contributed by atoms with Gasteiger partial charge >= 0.3 is 0 Å². The molecular weight excluding hydrogens is 284 g/mol. The van der Waals surface area contributed by atoms with E-state index in [4.69, 9.17) is 21.1 Å². The van der Waals surface area contributed by atoms with Gasteiger partial charge in [-0.15, -0.1) is 11.3 Å². The Bertz CT molecular complexity index is 560. The molecule has 1 aliphatic heterocycles. The summed E-state index contributed by atoms with van der Waals surface area (Å²) in [5.74, 6) is 1.38. The van der Waals surface area contributed by atoms with Gasteiger partial charge in [0.15, 0.2) is 11.5 Å². The van der Waals surface area contributed by atoms with E-state index in [-0.39, 0.29) is 0 Å². The largest absolute Gasteiger partial charge is 0.486 e. The van der Waals surface area contributed by atoms with Gasteiger partial charge < -0.3 is 14.8 Å². The summed E-state index contributed by atoms with van der Waals surface area (Å²) < 4.78 is 11.0. The average molecular weight is 297 g/mol. The predicted octanol–water partition coefficient (Wildman–Crippen LogP) is 2.86. The van der Waals surface area contributed by atoms with Crippen LogP contribution in [-0.2, 0) is 13.1 Å². The fourth-order valence-electron chi connectivity index (χ4n) is 1.93. The van der Waals surface area contributed by atoms with Gasteiger partial charge in [-0.3, -0.25) is 0 Å². The lowest BCUT2D eigenvalue weighted by atomic mass is 10.2. The number of thiazole rings is 1. The third-order valence-electron chi connectivity index (χ3n) is 2.78. The molecule has 0 bridgehead atoms. The molecule has 1 aliphatic rings. The number of fused-ring (bicyclic) bond motifs is 1. The molecule has 0 aliphatic carbocycles. The van der Waals surface area contributed by atoms with Gasteiger partial charge in [0.1, 0.15) is 13.2 Å². The van der Waals surface area contributed by atoms with Crippen molar-refractivity contribution in [1.29, 1.82) is 0 Å². The first-order valence-corrected chi connectivity index (χ1v) is 7.31. The van der Waals surface area contributed by atoms with Crippen LogP contribution in [0.25, 0.3) is 0 Å². The van der Waals surface area contributed by atoms with E-state index < -0.39 is 0 Å². The van der Waals surface area contributed by atoms with Gasteiger partial charge in [-0.25, -0.2) is 4.98 Å². The highest BCUT2D eigenvalue weighted by molar-refractivity contribution is 7.07. The molecule has 3 rings (SSSR count). The lowest BCUT2D eigenvalue weighted by Crippen LogP contribution is -2.17. The highest BCUT2D eigenvalue weighted by Crippen LogP contribution is 2.38. The van der Waals surface area contributed by atoms with E-state index in [9.17, 15) is 0 Å². The lowest BCUT2D eigenvalue weighted by Gasteiger charge is -2.20. The van der Waals surface area contributed by atoms with Crippen LogP contribution in [0, 0.1) is 0 Å². The van der Waals surface area contributed by atoms with Crippen LogP contribution in [0.3, 0.4) is 0 Å². The van der Waals surface area contributed by atoms with Gasteiger partial charge in [0.25, 0.3) is 0 Å². The van der Waals surface area contributed by atoms with E-state index in [0.717, 1.165) is 23.6 Å². The van der Waals surface area contributed by atoms with E-state index in [1.54, 1.807) is 11.3 Å². The van der Waals surface area contributed by atoms with Crippen LogP contribution in [0.4, 0.5) is 0 Å². The summed E-state index contributed by atoms with van der Waals surface area (Å²) in [5, 5.41) is 5.96. The number of aromatic nitrogens is 1. The number of benzene rings is 1. The topological polar surface area (TPSA) is 43.4 Å². The van der Waals surface area contributed by atoms with Gasteiger partial charge in [-0.05, 0) is 17.7 Å². The van der Waals surface area contributed by atoms with Gasteiger partial charge in [0.05, 0.1) is 16.2 Å². The summed E-state index contributed by atoms with van der Waals surface area (Å²) in [5.41, 5.74) is 3.95. The molecule has 0 atom stereocenters. The molecule has 0 amide bonds. The molecule has 6 heteroatoms. The third-order valence-corrected chi connectivity index (χ3v) is 3.69. The number of halogens is 1.